The summed E-state index contributed by atoms with van der Waals surface area (Å²) in [6, 6.07) is 0. The second kappa shape index (κ2) is 14.3. The van der Waals surface area contributed by atoms with Gasteiger partial charge in [0.15, 0.2) is 0 Å². The van der Waals surface area contributed by atoms with Gasteiger partial charge in [0.2, 0.25) is 0 Å². The highest BCUT2D eigenvalue weighted by atomic mass is 14.1. The van der Waals surface area contributed by atoms with Crippen molar-refractivity contribution in [3.8, 4) is 0 Å². The maximum absolute atomic E-state index is 2.33. The Kier molecular flexibility index (Phi) is 12.9. The van der Waals surface area contributed by atoms with Crippen molar-refractivity contribution in [2.75, 3.05) is 0 Å². The van der Waals surface area contributed by atoms with Gasteiger partial charge in [-0.05, 0) is 51.4 Å². The summed E-state index contributed by atoms with van der Waals surface area (Å²) in [5.74, 6) is 0. The third-order valence-corrected chi connectivity index (χ3v) is 5.37. The Morgan fingerprint density at radius 2 is 0.864 bits per heavy atom. The molecule has 0 saturated carbocycles. The lowest BCUT2D eigenvalue weighted by Gasteiger charge is -2.17. The second-order valence-electron chi connectivity index (χ2n) is 7.45. The first-order chi connectivity index (χ1) is 10.9. The van der Waals surface area contributed by atoms with Crippen molar-refractivity contribution < 1.29 is 0 Å². The van der Waals surface area contributed by atoms with E-state index >= 15 is 0 Å². The standard InChI is InChI=1S/C22H42/c1-3-5-13-17-21-19-15-11-9-7-8-10-12-16-20-22(21)18-14-6-4-2/h3-20H2,1-2H3/b22-21-. The summed E-state index contributed by atoms with van der Waals surface area (Å²) in [4.78, 5) is 0. The third-order valence-electron chi connectivity index (χ3n) is 5.37. The normalized spacial score (nSPS) is 22.1. The van der Waals surface area contributed by atoms with Crippen LogP contribution < -0.4 is 0 Å². The molecular formula is C22H42. The molecule has 0 unspecified atom stereocenters. The van der Waals surface area contributed by atoms with E-state index in [1.165, 1.54) is 116 Å². The van der Waals surface area contributed by atoms with Gasteiger partial charge >= 0.3 is 0 Å². The summed E-state index contributed by atoms with van der Waals surface area (Å²) in [5.41, 5.74) is 3.79. The van der Waals surface area contributed by atoms with E-state index in [1.54, 1.807) is 0 Å². The molecule has 0 aromatic carbocycles. The number of rotatable bonds is 8. The van der Waals surface area contributed by atoms with Crippen LogP contribution in [0.25, 0.3) is 0 Å². The Hall–Kier alpha value is -0.260. The lowest BCUT2D eigenvalue weighted by atomic mass is 9.89. The fraction of sp³-hybridized carbons (Fsp3) is 0.909. The van der Waals surface area contributed by atoms with E-state index < -0.39 is 0 Å². The molecule has 0 heteroatoms. The van der Waals surface area contributed by atoms with Gasteiger partial charge in [0.25, 0.3) is 0 Å². The molecule has 22 heavy (non-hydrogen) atoms. The van der Waals surface area contributed by atoms with Crippen molar-refractivity contribution in [2.45, 2.75) is 129 Å². The number of allylic oxidation sites excluding steroid dienone is 2. The van der Waals surface area contributed by atoms with Gasteiger partial charge in [-0.1, -0.05) is 89.2 Å². The van der Waals surface area contributed by atoms with Gasteiger partial charge in [-0.25, -0.2) is 0 Å². The summed E-state index contributed by atoms with van der Waals surface area (Å²) >= 11 is 0. The molecular weight excluding hydrogens is 264 g/mol. The maximum atomic E-state index is 2.33. The van der Waals surface area contributed by atoms with Crippen molar-refractivity contribution in [1.29, 1.82) is 0 Å². The van der Waals surface area contributed by atoms with E-state index in [0.717, 1.165) is 0 Å². The Labute approximate surface area is 141 Å². The molecule has 0 fully saturated rings. The number of hydrogen-bond donors (Lipinski definition) is 0. The van der Waals surface area contributed by atoms with Gasteiger partial charge in [-0.15, -0.1) is 0 Å². The highest BCUT2D eigenvalue weighted by Crippen LogP contribution is 2.28. The lowest BCUT2D eigenvalue weighted by molar-refractivity contribution is 0.543. The van der Waals surface area contributed by atoms with Crippen molar-refractivity contribution in [3.63, 3.8) is 0 Å². The largest absolute Gasteiger partial charge is 0.0710 e. The summed E-state index contributed by atoms with van der Waals surface area (Å²) < 4.78 is 0. The van der Waals surface area contributed by atoms with Gasteiger partial charge in [0, 0.05) is 0 Å². The Balaban J connectivity index is 2.64. The zero-order valence-corrected chi connectivity index (χ0v) is 15.7. The zero-order chi connectivity index (χ0) is 15.9. The van der Waals surface area contributed by atoms with Crippen molar-refractivity contribution in [3.05, 3.63) is 11.1 Å². The van der Waals surface area contributed by atoms with Crippen LogP contribution in [0.5, 0.6) is 0 Å². The van der Waals surface area contributed by atoms with Crippen LogP contribution >= 0.6 is 0 Å². The second-order valence-corrected chi connectivity index (χ2v) is 7.45. The highest BCUT2D eigenvalue weighted by molar-refractivity contribution is 5.15. The average Bonchev–Trinajstić information content (AvgIpc) is 2.52. The van der Waals surface area contributed by atoms with Crippen LogP contribution in [-0.2, 0) is 0 Å². The monoisotopic (exact) mass is 306 g/mol. The molecule has 0 heterocycles. The molecule has 0 nitrogen and oxygen atoms in total. The summed E-state index contributed by atoms with van der Waals surface area (Å²) in [5, 5.41) is 0. The Bertz CT molecular complexity index is 246. The molecule has 0 aliphatic heterocycles. The van der Waals surface area contributed by atoms with Gasteiger partial charge < -0.3 is 0 Å². The quantitative estimate of drug-likeness (QED) is 0.312. The predicted octanol–water partition coefficient (Wildman–Crippen LogP) is 8.36. The summed E-state index contributed by atoms with van der Waals surface area (Å²) in [7, 11) is 0. The molecule has 0 bridgehead atoms. The minimum Gasteiger partial charge on any atom is -0.0710 e. The molecule has 1 rings (SSSR count). The minimum absolute atomic E-state index is 1.36. The third kappa shape index (κ3) is 9.70. The fourth-order valence-corrected chi connectivity index (χ4v) is 3.87. The van der Waals surface area contributed by atoms with Gasteiger partial charge in [0.05, 0.1) is 0 Å². The highest BCUT2D eigenvalue weighted by Gasteiger charge is 2.09. The first kappa shape index (κ1) is 19.8. The predicted molar refractivity (Wildman–Crippen MR) is 101 cm³/mol. The molecule has 1 aliphatic carbocycles. The smallest absolute Gasteiger partial charge is 0.0318 e. The first-order valence-electron chi connectivity index (χ1n) is 10.6. The molecule has 0 radical (unpaired) electrons. The van der Waals surface area contributed by atoms with Gasteiger partial charge in [-0.2, -0.15) is 0 Å². The topological polar surface area (TPSA) is 0 Å². The maximum Gasteiger partial charge on any atom is -0.0318 e. The first-order valence-corrected chi connectivity index (χ1v) is 10.6. The zero-order valence-electron chi connectivity index (χ0n) is 15.7. The molecule has 0 spiro atoms. The fourth-order valence-electron chi connectivity index (χ4n) is 3.87. The van der Waals surface area contributed by atoms with Crippen LogP contribution in [0.15, 0.2) is 11.1 Å². The molecule has 0 aromatic rings. The van der Waals surface area contributed by atoms with E-state index in [9.17, 15) is 0 Å². The van der Waals surface area contributed by atoms with Crippen LogP contribution in [0.4, 0.5) is 0 Å². The van der Waals surface area contributed by atoms with Crippen molar-refractivity contribution >= 4 is 0 Å². The number of hydrogen-bond acceptors (Lipinski definition) is 0. The SMILES string of the molecule is CCCCC/C1=C(\CCCCC)CCCCCCCCCC1. The van der Waals surface area contributed by atoms with E-state index in [1.807, 2.05) is 11.1 Å². The summed E-state index contributed by atoms with van der Waals surface area (Å²) in [6.07, 6.45) is 25.9. The molecule has 0 atom stereocenters. The molecule has 0 amide bonds. The van der Waals surface area contributed by atoms with Crippen LogP contribution in [0.3, 0.4) is 0 Å². The van der Waals surface area contributed by atoms with Crippen LogP contribution in [0.1, 0.15) is 129 Å². The van der Waals surface area contributed by atoms with Gasteiger partial charge in [-0.3, -0.25) is 0 Å². The lowest BCUT2D eigenvalue weighted by Crippen LogP contribution is -1.97. The molecule has 0 saturated heterocycles. The van der Waals surface area contributed by atoms with Gasteiger partial charge in [0.1, 0.15) is 0 Å². The van der Waals surface area contributed by atoms with Crippen LogP contribution in [-0.4, -0.2) is 0 Å². The Morgan fingerprint density at radius 3 is 1.23 bits per heavy atom. The molecule has 0 N–H and O–H groups in total. The summed E-state index contributed by atoms with van der Waals surface area (Å²) in [6.45, 7) is 4.66. The van der Waals surface area contributed by atoms with E-state index in [4.69, 9.17) is 0 Å². The number of unbranched alkanes of at least 4 members (excludes halogenated alkanes) is 4. The van der Waals surface area contributed by atoms with E-state index in [-0.39, 0.29) is 0 Å². The average molecular weight is 307 g/mol. The van der Waals surface area contributed by atoms with Crippen LogP contribution in [0.2, 0.25) is 0 Å². The molecule has 0 aromatic heterocycles. The van der Waals surface area contributed by atoms with E-state index in [0.29, 0.717) is 0 Å². The van der Waals surface area contributed by atoms with E-state index in [2.05, 4.69) is 13.8 Å². The van der Waals surface area contributed by atoms with Crippen molar-refractivity contribution in [1.82, 2.24) is 0 Å². The van der Waals surface area contributed by atoms with Crippen LogP contribution in [0, 0.1) is 0 Å². The minimum atomic E-state index is 1.36. The van der Waals surface area contributed by atoms with Crippen molar-refractivity contribution in [2.24, 2.45) is 0 Å². The Morgan fingerprint density at radius 1 is 0.500 bits per heavy atom. The molecule has 1 aliphatic rings. The molecule has 130 valence electrons.